The second kappa shape index (κ2) is 5.18. The molecule has 0 saturated heterocycles. The maximum atomic E-state index is 11.7. The Hall–Kier alpha value is -1.89. The van der Waals surface area contributed by atoms with Crippen LogP contribution in [0, 0.1) is 0 Å². The third-order valence-corrected chi connectivity index (χ3v) is 3.94. The zero-order valence-electron chi connectivity index (χ0n) is 9.88. The summed E-state index contributed by atoms with van der Waals surface area (Å²) in [6.07, 6.45) is 0. The molecule has 98 valence electrons. The number of nitrogens with one attached hydrogen (secondary N) is 1. The molecule has 18 heavy (non-hydrogen) atoms. The van der Waals surface area contributed by atoms with Crippen LogP contribution in [0.2, 0.25) is 0 Å². The van der Waals surface area contributed by atoms with Crippen LogP contribution in [-0.4, -0.2) is 30.7 Å². The van der Waals surface area contributed by atoms with Gasteiger partial charge in [0.1, 0.15) is 0 Å². The lowest BCUT2D eigenvalue weighted by molar-refractivity contribution is 0.0697. The van der Waals surface area contributed by atoms with E-state index in [4.69, 9.17) is 5.11 Å². The SMILES string of the molecule is CC(C)S(=O)(=O)NC(=O)c1cccc(C(=O)O)c1. The second-order valence-electron chi connectivity index (χ2n) is 3.91. The third-order valence-electron chi connectivity index (χ3n) is 2.23. The molecule has 0 aliphatic heterocycles. The van der Waals surface area contributed by atoms with E-state index in [2.05, 4.69) is 0 Å². The number of sulfonamides is 1. The van der Waals surface area contributed by atoms with Gasteiger partial charge in [0.25, 0.3) is 5.91 Å². The predicted octanol–water partition coefficient (Wildman–Crippen LogP) is 0.853. The highest BCUT2D eigenvalue weighted by molar-refractivity contribution is 7.90. The van der Waals surface area contributed by atoms with E-state index >= 15 is 0 Å². The summed E-state index contributed by atoms with van der Waals surface area (Å²) in [5, 5.41) is 8.02. The summed E-state index contributed by atoms with van der Waals surface area (Å²) >= 11 is 0. The van der Waals surface area contributed by atoms with E-state index in [9.17, 15) is 18.0 Å². The minimum absolute atomic E-state index is 0.0147. The van der Waals surface area contributed by atoms with E-state index in [0.29, 0.717) is 0 Å². The van der Waals surface area contributed by atoms with Gasteiger partial charge in [-0.05, 0) is 32.0 Å². The first-order chi connectivity index (χ1) is 8.24. The van der Waals surface area contributed by atoms with Crippen LogP contribution in [-0.2, 0) is 10.0 Å². The Morgan fingerprint density at radius 2 is 1.78 bits per heavy atom. The molecule has 2 N–H and O–H groups in total. The van der Waals surface area contributed by atoms with E-state index in [0.717, 1.165) is 6.07 Å². The third kappa shape index (κ3) is 3.30. The first-order valence-electron chi connectivity index (χ1n) is 5.13. The number of aromatic carboxylic acids is 1. The molecule has 1 rings (SSSR count). The molecule has 0 aliphatic carbocycles. The van der Waals surface area contributed by atoms with Gasteiger partial charge in [-0.2, -0.15) is 0 Å². The van der Waals surface area contributed by atoms with Crippen LogP contribution in [0.1, 0.15) is 34.6 Å². The molecule has 1 aromatic rings. The van der Waals surface area contributed by atoms with Crippen LogP contribution < -0.4 is 4.72 Å². The molecule has 0 atom stereocenters. The van der Waals surface area contributed by atoms with Crippen molar-refractivity contribution in [3.05, 3.63) is 35.4 Å². The fourth-order valence-corrected chi connectivity index (χ4v) is 1.71. The van der Waals surface area contributed by atoms with Gasteiger partial charge in [-0.25, -0.2) is 17.9 Å². The zero-order chi connectivity index (χ0) is 13.9. The Morgan fingerprint density at radius 3 is 2.28 bits per heavy atom. The predicted molar refractivity (Wildman–Crippen MR) is 64.9 cm³/mol. The molecule has 0 fully saturated rings. The minimum Gasteiger partial charge on any atom is -0.478 e. The second-order valence-corrected chi connectivity index (χ2v) is 6.15. The van der Waals surface area contributed by atoms with Crippen molar-refractivity contribution >= 4 is 21.9 Å². The summed E-state index contributed by atoms with van der Waals surface area (Å²) in [5.41, 5.74) is -0.0938. The molecular formula is C11H13NO5S. The molecule has 0 bridgehead atoms. The minimum atomic E-state index is -3.73. The van der Waals surface area contributed by atoms with Crippen LogP contribution in [0.3, 0.4) is 0 Å². The quantitative estimate of drug-likeness (QED) is 0.845. The van der Waals surface area contributed by atoms with Gasteiger partial charge in [-0.15, -0.1) is 0 Å². The van der Waals surface area contributed by atoms with Crippen LogP contribution in [0.25, 0.3) is 0 Å². The highest BCUT2D eigenvalue weighted by atomic mass is 32.2. The van der Waals surface area contributed by atoms with Gasteiger partial charge in [-0.3, -0.25) is 4.79 Å². The average Bonchev–Trinajstić information content (AvgIpc) is 2.28. The van der Waals surface area contributed by atoms with Crippen LogP contribution in [0.15, 0.2) is 24.3 Å². The lowest BCUT2D eigenvalue weighted by atomic mass is 10.1. The summed E-state index contributed by atoms with van der Waals surface area (Å²) in [6.45, 7) is 2.87. The number of benzene rings is 1. The summed E-state index contributed by atoms with van der Waals surface area (Å²) in [5.74, 6) is -2.02. The smallest absolute Gasteiger partial charge is 0.335 e. The first-order valence-corrected chi connectivity index (χ1v) is 6.68. The van der Waals surface area contributed by atoms with Gasteiger partial charge in [0.05, 0.1) is 10.8 Å². The maximum absolute atomic E-state index is 11.7. The van der Waals surface area contributed by atoms with Crippen molar-refractivity contribution < 1.29 is 23.1 Å². The van der Waals surface area contributed by atoms with Crippen LogP contribution in [0.4, 0.5) is 0 Å². The van der Waals surface area contributed by atoms with Gasteiger partial charge in [-0.1, -0.05) is 6.07 Å². The van der Waals surface area contributed by atoms with Crippen molar-refractivity contribution in [3.8, 4) is 0 Å². The van der Waals surface area contributed by atoms with E-state index in [1.54, 1.807) is 0 Å². The Labute approximate surface area is 105 Å². The van der Waals surface area contributed by atoms with Crippen molar-refractivity contribution in [1.82, 2.24) is 4.72 Å². The van der Waals surface area contributed by atoms with Gasteiger partial charge in [0, 0.05) is 5.56 Å². The highest BCUT2D eigenvalue weighted by Gasteiger charge is 2.20. The van der Waals surface area contributed by atoms with E-state index < -0.39 is 27.1 Å². The molecule has 1 aromatic carbocycles. The first kappa shape index (κ1) is 14.2. The molecule has 0 radical (unpaired) electrons. The summed E-state index contributed by atoms with van der Waals surface area (Å²) in [4.78, 5) is 22.4. The van der Waals surface area contributed by atoms with Gasteiger partial charge in [0.2, 0.25) is 10.0 Å². The standard InChI is InChI=1S/C11H13NO5S/c1-7(2)18(16,17)12-10(13)8-4-3-5-9(6-8)11(14)15/h3-7H,1-2H3,(H,12,13)(H,14,15). The fraction of sp³-hybridized carbons (Fsp3) is 0.273. The zero-order valence-corrected chi connectivity index (χ0v) is 10.7. The molecule has 0 aromatic heterocycles. The topological polar surface area (TPSA) is 101 Å². The summed E-state index contributed by atoms with van der Waals surface area (Å²) < 4.78 is 24.8. The fourth-order valence-electron chi connectivity index (χ4n) is 1.10. The van der Waals surface area contributed by atoms with Crippen molar-refractivity contribution in [1.29, 1.82) is 0 Å². The monoisotopic (exact) mass is 271 g/mol. The summed E-state index contributed by atoms with van der Waals surface area (Å²) in [6, 6.07) is 5.15. The number of hydrogen-bond acceptors (Lipinski definition) is 4. The average molecular weight is 271 g/mol. The Morgan fingerprint density at radius 1 is 1.22 bits per heavy atom. The number of carboxylic acids is 1. The largest absolute Gasteiger partial charge is 0.478 e. The number of rotatable bonds is 4. The van der Waals surface area contributed by atoms with E-state index in [-0.39, 0.29) is 11.1 Å². The number of carbonyl (C=O) groups excluding carboxylic acids is 1. The molecule has 0 spiro atoms. The highest BCUT2D eigenvalue weighted by Crippen LogP contribution is 2.07. The van der Waals surface area contributed by atoms with Gasteiger partial charge < -0.3 is 5.11 Å². The lowest BCUT2D eigenvalue weighted by Gasteiger charge is -2.09. The van der Waals surface area contributed by atoms with Crippen molar-refractivity contribution in [3.63, 3.8) is 0 Å². The van der Waals surface area contributed by atoms with Crippen molar-refractivity contribution in [2.24, 2.45) is 0 Å². The molecule has 6 nitrogen and oxygen atoms in total. The van der Waals surface area contributed by atoms with Gasteiger partial charge >= 0.3 is 5.97 Å². The van der Waals surface area contributed by atoms with Crippen LogP contribution >= 0.6 is 0 Å². The maximum Gasteiger partial charge on any atom is 0.335 e. The lowest BCUT2D eigenvalue weighted by Crippen LogP contribution is -2.35. The van der Waals surface area contributed by atoms with E-state index in [1.807, 2.05) is 4.72 Å². The van der Waals surface area contributed by atoms with Crippen LogP contribution in [0.5, 0.6) is 0 Å². The molecule has 0 saturated carbocycles. The molecule has 7 heteroatoms. The number of carbonyl (C=O) groups is 2. The normalized spacial score (nSPS) is 11.3. The molecule has 0 aliphatic rings. The molecule has 0 unspecified atom stereocenters. The molecular weight excluding hydrogens is 258 g/mol. The van der Waals surface area contributed by atoms with Gasteiger partial charge in [0.15, 0.2) is 0 Å². The number of hydrogen-bond donors (Lipinski definition) is 2. The van der Waals surface area contributed by atoms with Crippen molar-refractivity contribution in [2.45, 2.75) is 19.1 Å². The Kier molecular flexibility index (Phi) is 4.07. The number of amides is 1. The van der Waals surface area contributed by atoms with Crippen molar-refractivity contribution in [2.75, 3.05) is 0 Å². The Bertz CT molecular complexity index is 577. The number of carboxylic acid groups (broad SMARTS) is 1. The summed E-state index contributed by atoms with van der Waals surface area (Å²) in [7, 11) is -3.73. The molecule has 0 heterocycles. The molecule has 1 amide bonds. The van der Waals surface area contributed by atoms with E-state index in [1.165, 1.54) is 32.0 Å². The Balaban J connectivity index is 2.99.